The summed E-state index contributed by atoms with van der Waals surface area (Å²) in [5, 5.41) is 0. The summed E-state index contributed by atoms with van der Waals surface area (Å²) >= 11 is 0. The molecular formula is C10H21NO. The molecule has 1 heterocycles. The Kier molecular flexibility index (Phi) is 4.02. The fraction of sp³-hybridized carbons (Fsp3) is 1.00. The highest BCUT2D eigenvalue weighted by Gasteiger charge is 2.23. The SMILES string of the molecule is CCCC1COCCN1C(C)C. The van der Waals surface area contributed by atoms with Crippen molar-refractivity contribution in [2.45, 2.75) is 45.7 Å². The highest BCUT2D eigenvalue weighted by molar-refractivity contribution is 4.77. The maximum Gasteiger partial charge on any atom is 0.0622 e. The number of ether oxygens (including phenoxy) is 1. The second-order valence-electron chi connectivity index (χ2n) is 3.85. The highest BCUT2D eigenvalue weighted by Crippen LogP contribution is 2.14. The second kappa shape index (κ2) is 4.83. The maximum absolute atomic E-state index is 5.47. The lowest BCUT2D eigenvalue weighted by atomic mass is 10.1. The van der Waals surface area contributed by atoms with Gasteiger partial charge in [-0.1, -0.05) is 13.3 Å². The van der Waals surface area contributed by atoms with Crippen LogP contribution in [0.2, 0.25) is 0 Å². The summed E-state index contributed by atoms with van der Waals surface area (Å²) in [5.74, 6) is 0. The van der Waals surface area contributed by atoms with Gasteiger partial charge in [0.25, 0.3) is 0 Å². The third-order valence-electron chi connectivity index (χ3n) is 2.56. The Hall–Kier alpha value is -0.0800. The first-order chi connectivity index (χ1) is 5.75. The van der Waals surface area contributed by atoms with Crippen molar-refractivity contribution in [1.82, 2.24) is 4.90 Å². The zero-order valence-corrected chi connectivity index (χ0v) is 8.55. The van der Waals surface area contributed by atoms with E-state index in [9.17, 15) is 0 Å². The van der Waals surface area contributed by atoms with E-state index in [0.29, 0.717) is 12.1 Å². The molecule has 0 spiro atoms. The van der Waals surface area contributed by atoms with Crippen LogP contribution in [0, 0.1) is 0 Å². The molecule has 0 saturated carbocycles. The van der Waals surface area contributed by atoms with Gasteiger partial charge in [-0.15, -0.1) is 0 Å². The fourth-order valence-electron chi connectivity index (χ4n) is 1.93. The second-order valence-corrected chi connectivity index (χ2v) is 3.85. The van der Waals surface area contributed by atoms with E-state index in [4.69, 9.17) is 4.74 Å². The molecule has 1 rings (SSSR count). The van der Waals surface area contributed by atoms with Crippen LogP contribution in [0.25, 0.3) is 0 Å². The van der Waals surface area contributed by atoms with Gasteiger partial charge in [0.1, 0.15) is 0 Å². The summed E-state index contributed by atoms with van der Waals surface area (Å²) in [7, 11) is 0. The Labute approximate surface area is 75.9 Å². The lowest BCUT2D eigenvalue weighted by Crippen LogP contribution is -2.48. The summed E-state index contributed by atoms with van der Waals surface area (Å²) < 4.78 is 5.47. The fourth-order valence-corrected chi connectivity index (χ4v) is 1.93. The smallest absolute Gasteiger partial charge is 0.0622 e. The minimum absolute atomic E-state index is 0.670. The summed E-state index contributed by atoms with van der Waals surface area (Å²) in [4.78, 5) is 2.56. The first-order valence-electron chi connectivity index (χ1n) is 5.09. The van der Waals surface area contributed by atoms with Gasteiger partial charge >= 0.3 is 0 Å². The highest BCUT2D eigenvalue weighted by atomic mass is 16.5. The van der Waals surface area contributed by atoms with Crippen LogP contribution in [0.15, 0.2) is 0 Å². The van der Waals surface area contributed by atoms with E-state index in [0.717, 1.165) is 19.8 Å². The Bertz CT molecular complexity index is 123. The zero-order valence-electron chi connectivity index (χ0n) is 8.55. The average molecular weight is 171 g/mol. The Balaban J connectivity index is 2.42. The minimum atomic E-state index is 0.670. The molecule has 0 N–H and O–H groups in total. The summed E-state index contributed by atoms with van der Waals surface area (Å²) in [6.45, 7) is 9.75. The first-order valence-corrected chi connectivity index (χ1v) is 5.09. The molecule has 0 aromatic rings. The molecule has 72 valence electrons. The van der Waals surface area contributed by atoms with Gasteiger partial charge in [-0.25, -0.2) is 0 Å². The quantitative estimate of drug-likeness (QED) is 0.643. The maximum atomic E-state index is 5.47. The lowest BCUT2D eigenvalue weighted by Gasteiger charge is -2.38. The molecule has 0 aromatic carbocycles. The molecule has 1 saturated heterocycles. The van der Waals surface area contributed by atoms with Crippen molar-refractivity contribution < 1.29 is 4.74 Å². The summed E-state index contributed by atoms with van der Waals surface area (Å²) in [5.41, 5.74) is 0. The van der Waals surface area contributed by atoms with Gasteiger partial charge in [0.15, 0.2) is 0 Å². The molecule has 0 bridgehead atoms. The average Bonchev–Trinajstić information content (AvgIpc) is 2.05. The molecule has 0 aromatic heterocycles. The van der Waals surface area contributed by atoms with Gasteiger partial charge < -0.3 is 4.74 Å². The van der Waals surface area contributed by atoms with E-state index in [1.807, 2.05) is 0 Å². The van der Waals surface area contributed by atoms with Crippen LogP contribution in [0.3, 0.4) is 0 Å². The van der Waals surface area contributed by atoms with Crippen LogP contribution in [0.4, 0.5) is 0 Å². The number of rotatable bonds is 3. The normalized spacial score (nSPS) is 26.5. The van der Waals surface area contributed by atoms with Crippen LogP contribution in [0.5, 0.6) is 0 Å². The van der Waals surface area contributed by atoms with E-state index < -0.39 is 0 Å². The molecule has 1 atom stereocenters. The minimum Gasteiger partial charge on any atom is -0.378 e. The molecule has 1 aliphatic heterocycles. The predicted molar refractivity (Wildman–Crippen MR) is 51.4 cm³/mol. The standard InChI is InChI=1S/C10H21NO/c1-4-5-10-8-12-7-6-11(10)9(2)3/h9-10H,4-8H2,1-3H3. The third kappa shape index (κ3) is 2.46. The van der Waals surface area contributed by atoms with Gasteiger partial charge in [0, 0.05) is 18.6 Å². The van der Waals surface area contributed by atoms with E-state index in [1.54, 1.807) is 0 Å². The van der Waals surface area contributed by atoms with Crippen LogP contribution in [0.1, 0.15) is 33.6 Å². The van der Waals surface area contributed by atoms with Crippen molar-refractivity contribution in [2.24, 2.45) is 0 Å². The molecule has 2 nitrogen and oxygen atoms in total. The van der Waals surface area contributed by atoms with Gasteiger partial charge in [-0.3, -0.25) is 4.90 Å². The van der Waals surface area contributed by atoms with Crippen molar-refractivity contribution in [3.05, 3.63) is 0 Å². The largest absolute Gasteiger partial charge is 0.378 e. The number of hydrogen-bond donors (Lipinski definition) is 0. The summed E-state index contributed by atoms with van der Waals surface area (Å²) in [6, 6.07) is 1.34. The van der Waals surface area contributed by atoms with Crippen LogP contribution in [-0.4, -0.2) is 36.7 Å². The van der Waals surface area contributed by atoms with E-state index >= 15 is 0 Å². The molecule has 0 amide bonds. The first kappa shape index (κ1) is 10.0. The monoisotopic (exact) mass is 171 g/mol. The topological polar surface area (TPSA) is 12.5 Å². The molecule has 0 radical (unpaired) electrons. The lowest BCUT2D eigenvalue weighted by molar-refractivity contribution is -0.0250. The van der Waals surface area contributed by atoms with Crippen LogP contribution < -0.4 is 0 Å². The van der Waals surface area contributed by atoms with Crippen LogP contribution >= 0.6 is 0 Å². The van der Waals surface area contributed by atoms with Gasteiger partial charge in [-0.05, 0) is 20.3 Å². The molecule has 0 aliphatic carbocycles. The Morgan fingerprint density at radius 2 is 2.25 bits per heavy atom. The predicted octanol–water partition coefficient (Wildman–Crippen LogP) is 1.90. The van der Waals surface area contributed by atoms with Gasteiger partial charge in [0.05, 0.1) is 13.2 Å². The van der Waals surface area contributed by atoms with Crippen molar-refractivity contribution >= 4 is 0 Å². The van der Waals surface area contributed by atoms with E-state index in [1.165, 1.54) is 12.8 Å². The third-order valence-corrected chi connectivity index (χ3v) is 2.56. The zero-order chi connectivity index (χ0) is 8.97. The van der Waals surface area contributed by atoms with Crippen molar-refractivity contribution in [1.29, 1.82) is 0 Å². The Morgan fingerprint density at radius 1 is 1.50 bits per heavy atom. The van der Waals surface area contributed by atoms with Gasteiger partial charge in [0.2, 0.25) is 0 Å². The Morgan fingerprint density at radius 3 is 2.83 bits per heavy atom. The number of hydrogen-bond acceptors (Lipinski definition) is 2. The molecule has 2 heteroatoms. The molecule has 1 fully saturated rings. The molecular weight excluding hydrogens is 150 g/mol. The van der Waals surface area contributed by atoms with Crippen LogP contribution in [-0.2, 0) is 4.74 Å². The van der Waals surface area contributed by atoms with Crippen molar-refractivity contribution in [3.8, 4) is 0 Å². The van der Waals surface area contributed by atoms with E-state index in [-0.39, 0.29) is 0 Å². The van der Waals surface area contributed by atoms with Crippen molar-refractivity contribution in [3.63, 3.8) is 0 Å². The summed E-state index contributed by atoms with van der Waals surface area (Å²) in [6.07, 6.45) is 2.54. The molecule has 1 aliphatic rings. The number of morpholine rings is 1. The molecule has 1 unspecified atom stereocenters. The van der Waals surface area contributed by atoms with Gasteiger partial charge in [-0.2, -0.15) is 0 Å². The van der Waals surface area contributed by atoms with Crippen molar-refractivity contribution in [2.75, 3.05) is 19.8 Å². The van der Waals surface area contributed by atoms with E-state index in [2.05, 4.69) is 25.7 Å². The molecule has 12 heavy (non-hydrogen) atoms. The number of nitrogens with zero attached hydrogens (tertiary/aromatic N) is 1.